The molecule has 0 aliphatic carbocycles. The van der Waals surface area contributed by atoms with Crippen LogP contribution in [0.3, 0.4) is 0 Å². The minimum atomic E-state index is 0.125. The molecule has 24 heavy (non-hydrogen) atoms. The number of aryl methyl sites for hydroxylation is 1. The molecule has 0 spiro atoms. The Kier molecular flexibility index (Phi) is 5.46. The van der Waals surface area contributed by atoms with Gasteiger partial charge in [0.25, 0.3) is 0 Å². The van der Waals surface area contributed by atoms with Crippen LogP contribution in [0.1, 0.15) is 18.9 Å². The molecule has 122 valence electrons. The molecule has 3 aromatic rings. The van der Waals surface area contributed by atoms with Gasteiger partial charge in [-0.2, -0.15) is 0 Å². The topological polar surface area (TPSA) is 31.4 Å². The lowest BCUT2D eigenvalue weighted by molar-refractivity contribution is 0.203. The Morgan fingerprint density at radius 1 is 0.833 bits per heavy atom. The highest BCUT2D eigenvalue weighted by molar-refractivity contribution is 5.33. The first-order valence-electron chi connectivity index (χ1n) is 8.19. The Balaban J connectivity index is 1.49. The molecule has 0 radical (unpaired) electrons. The van der Waals surface area contributed by atoms with Crippen LogP contribution in [0, 0.1) is 0 Å². The highest BCUT2D eigenvalue weighted by atomic mass is 16.5. The number of hydrogen-bond acceptors (Lipinski definition) is 3. The molecule has 0 bridgehead atoms. The van der Waals surface area contributed by atoms with E-state index in [1.54, 1.807) is 6.20 Å². The zero-order chi connectivity index (χ0) is 16.6. The number of hydrogen-bond donors (Lipinski definition) is 0. The predicted molar refractivity (Wildman–Crippen MR) is 95.6 cm³/mol. The summed E-state index contributed by atoms with van der Waals surface area (Å²) in [7, 11) is 0. The van der Waals surface area contributed by atoms with Crippen molar-refractivity contribution < 1.29 is 9.47 Å². The van der Waals surface area contributed by atoms with Gasteiger partial charge in [-0.1, -0.05) is 36.4 Å². The highest BCUT2D eigenvalue weighted by Crippen LogP contribution is 2.21. The summed E-state index contributed by atoms with van der Waals surface area (Å²) in [5.41, 5.74) is 1.27. The van der Waals surface area contributed by atoms with Crippen LogP contribution in [0.4, 0.5) is 0 Å². The maximum absolute atomic E-state index is 5.80. The number of benzene rings is 2. The Labute approximate surface area is 142 Å². The van der Waals surface area contributed by atoms with Crippen LogP contribution in [-0.2, 0) is 6.42 Å². The van der Waals surface area contributed by atoms with Gasteiger partial charge in [0.05, 0.1) is 6.10 Å². The number of aromatic nitrogens is 1. The molecular weight excluding hydrogens is 298 g/mol. The fraction of sp³-hybridized carbons (Fsp3) is 0.190. The quantitative estimate of drug-likeness (QED) is 0.594. The third-order valence-electron chi connectivity index (χ3n) is 3.70. The third-order valence-corrected chi connectivity index (χ3v) is 3.70. The van der Waals surface area contributed by atoms with Gasteiger partial charge in [0.2, 0.25) is 5.88 Å². The number of pyridine rings is 1. The van der Waals surface area contributed by atoms with Crippen LogP contribution in [-0.4, -0.2) is 11.1 Å². The lowest BCUT2D eigenvalue weighted by Crippen LogP contribution is -2.13. The monoisotopic (exact) mass is 319 g/mol. The van der Waals surface area contributed by atoms with Crippen LogP contribution < -0.4 is 9.47 Å². The summed E-state index contributed by atoms with van der Waals surface area (Å²) in [5, 5.41) is 0. The molecule has 0 aliphatic heterocycles. The van der Waals surface area contributed by atoms with Gasteiger partial charge < -0.3 is 9.47 Å². The smallest absolute Gasteiger partial charge is 0.213 e. The second-order valence-electron chi connectivity index (χ2n) is 5.69. The maximum atomic E-state index is 5.80. The second-order valence-corrected chi connectivity index (χ2v) is 5.69. The van der Waals surface area contributed by atoms with Gasteiger partial charge >= 0.3 is 0 Å². The van der Waals surface area contributed by atoms with E-state index in [4.69, 9.17) is 9.47 Å². The van der Waals surface area contributed by atoms with Crippen molar-refractivity contribution in [2.45, 2.75) is 25.9 Å². The van der Waals surface area contributed by atoms with Crippen molar-refractivity contribution in [3.05, 3.63) is 84.6 Å². The minimum absolute atomic E-state index is 0.125. The van der Waals surface area contributed by atoms with E-state index < -0.39 is 0 Å². The zero-order valence-corrected chi connectivity index (χ0v) is 13.8. The third kappa shape index (κ3) is 4.85. The molecule has 1 atom stereocenters. The molecule has 0 N–H and O–H groups in total. The van der Waals surface area contributed by atoms with Crippen LogP contribution in [0.25, 0.3) is 0 Å². The van der Waals surface area contributed by atoms with Crippen molar-refractivity contribution in [2.24, 2.45) is 0 Å². The van der Waals surface area contributed by atoms with Crippen LogP contribution in [0.2, 0.25) is 0 Å². The van der Waals surface area contributed by atoms with E-state index >= 15 is 0 Å². The van der Waals surface area contributed by atoms with Crippen molar-refractivity contribution in [3.8, 4) is 17.4 Å². The fourth-order valence-corrected chi connectivity index (χ4v) is 2.40. The van der Waals surface area contributed by atoms with Gasteiger partial charge in [-0.15, -0.1) is 0 Å². The Morgan fingerprint density at radius 2 is 1.54 bits per heavy atom. The molecule has 0 fully saturated rings. The minimum Gasteiger partial charge on any atom is -0.475 e. The first-order valence-corrected chi connectivity index (χ1v) is 8.19. The zero-order valence-electron chi connectivity index (χ0n) is 13.8. The molecule has 1 unspecified atom stereocenters. The van der Waals surface area contributed by atoms with Crippen molar-refractivity contribution in [1.29, 1.82) is 0 Å². The Morgan fingerprint density at radius 3 is 2.25 bits per heavy atom. The Bertz CT molecular complexity index is 727. The molecule has 1 aromatic heterocycles. The first-order chi connectivity index (χ1) is 11.8. The van der Waals surface area contributed by atoms with Crippen molar-refractivity contribution in [3.63, 3.8) is 0 Å². The molecule has 2 aromatic carbocycles. The average molecular weight is 319 g/mol. The van der Waals surface area contributed by atoms with E-state index in [-0.39, 0.29) is 6.10 Å². The van der Waals surface area contributed by atoms with E-state index in [1.807, 2.05) is 60.7 Å². The van der Waals surface area contributed by atoms with Gasteiger partial charge in [-0.3, -0.25) is 0 Å². The van der Waals surface area contributed by atoms with E-state index in [0.29, 0.717) is 5.88 Å². The van der Waals surface area contributed by atoms with Crippen molar-refractivity contribution in [1.82, 2.24) is 4.98 Å². The van der Waals surface area contributed by atoms with Crippen LogP contribution in [0.5, 0.6) is 17.4 Å². The van der Waals surface area contributed by atoms with Crippen LogP contribution >= 0.6 is 0 Å². The van der Waals surface area contributed by atoms with Gasteiger partial charge in [-0.05, 0) is 55.7 Å². The highest BCUT2D eigenvalue weighted by Gasteiger charge is 2.05. The number of ether oxygens (including phenoxy) is 2. The van der Waals surface area contributed by atoms with Crippen molar-refractivity contribution >= 4 is 0 Å². The van der Waals surface area contributed by atoms with Gasteiger partial charge in [0.1, 0.15) is 11.5 Å². The summed E-state index contributed by atoms with van der Waals surface area (Å²) in [6.45, 7) is 2.07. The SMILES string of the molecule is CC(CCc1ccc(Oc2ccccc2)cc1)Oc1ccccn1. The van der Waals surface area contributed by atoms with E-state index in [1.165, 1.54) is 5.56 Å². The molecule has 3 rings (SSSR count). The second kappa shape index (κ2) is 8.16. The fourth-order valence-electron chi connectivity index (χ4n) is 2.40. The van der Waals surface area contributed by atoms with Crippen molar-refractivity contribution in [2.75, 3.05) is 0 Å². The largest absolute Gasteiger partial charge is 0.475 e. The molecule has 3 heteroatoms. The van der Waals surface area contributed by atoms with Gasteiger partial charge in [-0.25, -0.2) is 4.98 Å². The summed E-state index contributed by atoms with van der Waals surface area (Å²) < 4.78 is 11.6. The molecule has 0 amide bonds. The normalized spacial score (nSPS) is 11.7. The summed E-state index contributed by atoms with van der Waals surface area (Å²) >= 11 is 0. The Hall–Kier alpha value is -2.81. The van der Waals surface area contributed by atoms with E-state index in [0.717, 1.165) is 24.3 Å². The number of nitrogens with zero attached hydrogens (tertiary/aromatic N) is 1. The molecule has 3 nitrogen and oxygen atoms in total. The van der Waals surface area contributed by atoms with E-state index in [2.05, 4.69) is 24.0 Å². The lowest BCUT2D eigenvalue weighted by Gasteiger charge is -2.13. The standard InChI is InChI=1S/C21H21NO2/c1-17(23-21-9-5-6-16-22-21)10-11-18-12-14-20(15-13-18)24-19-7-3-2-4-8-19/h2-9,12-17H,10-11H2,1H3. The predicted octanol–water partition coefficient (Wildman–Crippen LogP) is 5.27. The lowest BCUT2D eigenvalue weighted by atomic mass is 10.1. The summed E-state index contributed by atoms with van der Waals surface area (Å²) in [6, 6.07) is 23.7. The first kappa shape index (κ1) is 16.1. The average Bonchev–Trinajstić information content (AvgIpc) is 2.63. The van der Waals surface area contributed by atoms with Crippen LogP contribution in [0.15, 0.2) is 79.0 Å². The number of rotatable bonds is 7. The summed E-state index contributed by atoms with van der Waals surface area (Å²) in [6.07, 6.45) is 3.77. The molecular formula is C21H21NO2. The van der Waals surface area contributed by atoms with Gasteiger partial charge in [0, 0.05) is 12.3 Å². The summed E-state index contributed by atoms with van der Waals surface area (Å²) in [4.78, 5) is 4.19. The molecule has 0 aliphatic rings. The molecule has 0 saturated carbocycles. The van der Waals surface area contributed by atoms with Gasteiger partial charge in [0.15, 0.2) is 0 Å². The molecule has 1 heterocycles. The van der Waals surface area contributed by atoms with E-state index in [9.17, 15) is 0 Å². The number of para-hydroxylation sites is 1. The maximum Gasteiger partial charge on any atom is 0.213 e. The molecule has 0 saturated heterocycles. The summed E-state index contributed by atoms with van der Waals surface area (Å²) in [5.74, 6) is 2.38.